The van der Waals surface area contributed by atoms with Crippen LogP contribution in [-0.4, -0.2) is 40.7 Å². The molecule has 2 N–H and O–H groups in total. The molecule has 5 nitrogen and oxygen atoms in total. The number of rotatable bonds is 4. The fourth-order valence-electron chi connectivity index (χ4n) is 0.927. The van der Waals surface area contributed by atoms with Crippen LogP contribution in [-0.2, 0) is 11.3 Å². The second-order valence-corrected chi connectivity index (χ2v) is 2.35. The van der Waals surface area contributed by atoms with Crippen LogP contribution in [0.1, 0.15) is 0 Å². The van der Waals surface area contributed by atoms with Crippen molar-refractivity contribution in [2.75, 3.05) is 13.7 Å². The summed E-state index contributed by atoms with van der Waals surface area (Å²) in [6, 6.07) is 1.56. The van der Waals surface area contributed by atoms with E-state index in [2.05, 4.69) is 5.10 Å². The third kappa shape index (κ3) is 2.07. The lowest BCUT2D eigenvalue weighted by atomic mass is 9.86. The summed E-state index contributed by atoms with van der Waals surface area (Å²) in [6.45, 7) is 1.03. The molecule has 66 valence electrons. The van der Waals surface area contributed by atoms with E-state index in [4.69, 9.17) is 14.8 Å². The van der Waals surface area contributed by atoms with Crippen molar-refractivity contribution in [3.63, 3.8) is 0 Å². The summed E-state index contributed by atoms with van der Waals surface area (Å²) in [4.78, 5) is 0. The third-order valence-corrected chi connectivity index (χ3v) is 1.52. The van der Waals surface area contributed by atoms with Crippen molar-refractivity contribution in [3.05, 3.63) is 12.3 Å². The van der Waals surface area contributed by atoms with E-state index in [1.54, 1.807) is 13.2 Å². The van der Waals surface area contributed by atoms with Gasteiger partial charge in [0.05, 0.1) is 18.7 Å². The van der Waals surface area contributed by atoms with Crippen molar-refractivity contribution in [1.29, 1.82) is 0 Å². The molecule has 0 aliphatic rings. The number of aromatic nitrogens is 2. The number of hydrogen-bond acceptors (Lipinski definition) is 4. The molecule has 0 atom stereocenters. The van der Waals surface area contributed by atoms with E-state index in [0.717, 1.165) is 0 Å². The number of methoxy groups -OCH3 is 1. The van der Waals surface area contributed by atoms with Crippen LogP contribution >= 0.6 is 0 Å². The van der Waals surface area contributed by atoms with E-state index in [-0.39, 0.29) is 0 Å². The van der Waals surface area contributed by atoms with Gasteiger partial charge in [-0.3, -0.25) is 4.68 Å². The predicted octanol–water partition coefficient (Wildman–Crippen LogP) is -1.79. The van der Waals surface area contributed by atoms with E-state index in [1.165, 1.54) is 10.9 Å². The van der Waals surface area contributed by atoms with Crippen LogP contribution in [0.2, 0.25) is 0 Å². The highest BCUT2D eigenvalue weighted by Crippen LogP contribution is 1.84. The second-order valence-electron chi connectivity index (χ2n) is 2.35. The Kier molecular flexibility index (Phi) is 3.27. The topological polar surface area (TPSA) is 67.5 Å². The lowest BCUT2D eigenvalue weighted by Gasteiger charge is -2.04. The molecule has 0 bridgehead atoms. The standard InChI is InChI=1S/C6H11BN2O3/c1-12-5-4-9-6(7(10)11)2-3-8-9/h2-3,10-11H,4-5H2,1H3. The maximum atomic E-state index is 8.85. The van der Waals surface area contributed by atoms with Crippen LogP contribution in [0.25, 0.3) is 0 Å². The van der Waals surface area contributed by atoms with E-state index in [0.29, 0.717) is 18.7 Å². The first-order valence-corrected chi connectivity index (χ1v) is 3.62. The minimum atomic E-state index is -1.47. The number of hydrogen-bond donors (Lipinski definition) is 2. The summed E-state index contributed by atoms with van der Waals surface area (Å²) in [5, 5.41) is 21.6. The summed E-state index contributed by atoms with van der Waals surface area (Å²) >= 11 is 0. The highest BCUT2D eigenvalue weighted by molar-refractivity contribution is 6.57. The summed E-state index contributed by atoms with van der Waals surface area (Å²) in [5.74, 6) is 0. The van der Waals surface area contributed by atoms with Gasteiger partial charge in [-0.2, -0.15) is 5.10 Å². The van der Waals surface area contributed by atoms with Crippen LogP contribution in [0.15, 0.2) is 12.3 Å². The van der Waals surface area contributed by atoms with E-state index < -0.39 is 7.12 Å². The Hall–Kier alpha value is -0.845. The predicted molar refractivity (Wildman–Crippen MR) is 43.9 cm³/mol. The molecule has 6 heteroatoms. The molecule has 0 saturated heterocycles. The van der Waals surface area contributed by atoms with Gasteiger partial charge in [-0.05, 0) is 6.07 Å². The van der Waals surface area contributed by atoms with Gasteiger partial charge in [0.15, 0.2) is 0 Å². The van der Waals surface area contributed by atoms with E-state index in [9.17, 15) is 0 Å². The molecular weight excluding hydrogens is 159 g/mol. The number of nitrogens with zero attached hydrogens (tertiary/aromatic N) is 2. The molecule has 0 amide bonds. The summed E-state index contributed by atoms with van der Waals surface area (Å²) in [5.41, 5.74) is 0.382. The minimum Gasteiger partial charge on any atom is -0.422 e. The van der Waals surface area contributed by atoms with Crippen LogP contribution in [0.4, 0.5) is 0 Å². The molecule has 1 heterocycles. The first kappa shape index (κ1) is 9.24. The van der Waals surface area contributed by atoms with Gasteiger partial charge in [0.2, 0.25) is 0 Å². The third-order valence-electron chi connectivity index (χ3n) is 1.52. The van der Waals surface area contributed by atoms with Crippen LogP contribution in [0, 0.1) is 0 Å². The molecule has 0 fully saturated rings. The molecule has 1 aromatic rings. The van der Waals surface area contributed by atoms with Crippen LogP contribution in [0.3, 0.4) is 0 Å². The Morgan fingerprint density at radius 3 is 3.00 bits per heavy atom. The van der Waals surface area contributed by atoms with Crippen LogP contribution < -0.4 is 5.59 Å². The number of ether oxygens (including phenoxy) is 1. The molecule has 0 aliphatic carbocycles. The second kappa shape index (κ2) is 4.25. The van der Waals surface area contributed by atoms with Gasteiger partial charge in [0.25, 0.3) is 0 Å². The molecule has 0 unspecified atom stereocenters. The Labute approximate surface area is 70.7 Å². The molecule has 1 aromatic heterocycles. The van der Waals surface area contributed by atoms with Crippen molar-refractivity contribution in [3.8, 4) is 0 Å². The van der Waals surface area contributed by atoms with Crippen molar-refractivity contribution in [1.82, 2.24) is 9.78 Å². The lowest BCUT2D eigenvalue weighted by Crippen LogP contribution is -2.37. The first-order chi connectivity index (χ1) is 5.75. The molecule has 12 heavy (non-hydrogen) atoms. The normalized spacial score (nSPS) is 10.2. The molecule has 1 rings (SSSR count). The van der Waals surface area contributed by atoms with Crippen LogP contribution in [0.5, 0.6) is 0 Å². The Morgan fingerprint density at radius 2 is 2.42 bits per heavy atom. The van der Waals surface area contributed by atoms with Gasteiger partial charge in [0.1, 0.15) is 0 Å². The van der Waals surface area contributed by atoms with E-state index in [1.807, 2.05) is 0 Å². The smallest absolute Gasteiger partial charge is 0.422 e. The first-order valence-electron chi connectivity index (χ1n) is 3.62. The molecule has 0 radical (unpaired) electrons. The van der Waals surface area contributed by atoms with Gasteiger partial charge in [0, 0.05) is 13.3 Å². The fourth-order valence-corrected chi connectivity index (χ4v) is 0.927. The van der Waals surface area contributed by atoms with Gasteiger partial charge >= 0.3 is 7.12 Å². The highest BCUT2D eigenvalue weighted by Gasteiger charge is 2.15. The van der Waals surface area contributed by atoms with Crippen molar-refractivity contribution in [2.45, 2.75) is 6.54 Å². The average Bonchev–Trinajstić information content (AvgIpc) is 2.48. The quantitative estimate of drug-likeness (QED) is 0.523. The van der Waals surface area contributed by atoms with Crippen molar-refractivity contribution in [2.24, 2.45) is 0 Å². The maximum absolute atomic E-state index is 8.85. The van der Waals surface area contributed by atoms with Gasteiger partial charge < -0.3 is 14.8 Å². The zero-order valence-corrected chi connectivity index (χ0v) is 6.84. The Balaban J connectivity index is 2.64. The molecule has 0 spiro atoms. The molecule has 0 aliphatic heterocycles. The summed E-state index contributed by atoms with van der Waals surface area (Å²) in [7, 11) is 0.114. The highest BCUT2D eigenvalue weighted by atomic mass is 16.5. The van der Waals surface area contributed by atoms with Gasteiger partial charge in [-0.25, -0.2) is 0 Å². The zero-order chi connectivity index (χ0) is 8.97. The maximum Gasteiger partial charge on any atom is 0.507 e. The molecule has 0 saturated carbocycles. The average molecular weight is 170 g/mol. The summed E-state index contributed by atoms with van der Waals surface area (Å²) < 4.78 is 6.32. The van der Waals surface area contributed by atoms with Gasteiger partial charge in [-0.15, -0.1) is 0 Å². The minimum absolute atomic E-state index is 0.382. The summed E-state index contributed by atoms with van der Waals surface area (Å²) in [6.07, 6.45) is 1.52. The van der Waals surface area contributed by atoms with Crippen molar-refractivity contribution >= 4 is 12.7 Å². The molecular formula is C6H11BN2O3. The van der Waals surface area contributed by atoms with Gasteiger partial charge in [-0.1, -0.05) is 0 Å². The fraction of sp³-hybridized carbons (Fsp3) is 0.500. The van der Waals surface area contributed by atoms with Crippen molar-refractivity contribution < 1.29 is 14.8 Å². The molecule has 0 aromatic carbocycles. The SMILES string of the molecule is COCCn1nccc1B(O)O. The Bertz CT molecular complexity index is 238. The largest absolute Gasteiger partial charge is 0.507 e. The Morgan fingerprint density at radius 1 is 1.67 bits per heavy atom. The lowest BCUT2D eigenvalue weighted by molar-refractivity contribution is 0.184. The van der Waals surface area contributed by atoms with E-state index >= 15 is 0 Å². The zero-order valence-electron chi connectivity index (χ0n) is 6.84. The monoisotopic (exact) mass is 170 g/mol.